The van der Waals surface area contributed by atoms with Gasteiger partial charge in [0.05, 0.1) is 0 Å². The summed E-state index contributed by atoms with van der Waals surface area (Å²) < 4.78 is 12.7. The molecule has 0 radical (unpaired) electrons. The molecular weight excluding hydrogens is 199 g/mol. The molecule has 0 fully saturated rings. The summed E-state index contributed by atoms with van der Waals surface area (Å²) in [5, 5.41) is -0.655. The van der Waals surface area contributed by atoms with Gasteiger partial charge in [0.15, 0.2) is 0 Å². The number of carbonyl (C=O) groups excluding carboxylic acids is 1. The number of thiol groups is 1. The molecule has 0 saturated heterocycles. The van der Waals surface area contributed by atoms with Crippen LogP contribution in [0.3, 0.4) is 0 Å². The predicted molar refractivity (Wildman–Crippen MR) is 49.3 cm³/mol. The van der Waals surface area contributed by atoms with Crippen LogP contribution >= 0.6 is 24.2 Å². The summed E-state index contributed by atoms with van der Waals surface area (Å²) in [6, 6.07) is 3.93. The number of rotatable bonds is 2. The molecule has 0 atom stereocenters. The maximum atomic E-state index is 12.7. The minimum Gasteiger partial charge on any atom is -0.276 e. The molecule has 0 unspecified atom stereocenters. The molecule has 1 rings (SSSR count). The summed E-state index contributed by atoms with van der Waals surface area (Å²) in [6.45, 7) is 0. The molecule has 0 saturated carbocycles. The molecule has 0 amide bonds. The summed E-state index contributed by atoms with van der Waals surface area (Å²) >= 11 is 9.13. The fraction of sp³-hybridized carbons (Fsp3) is 0.125. The Morgan fingerprint density at radius 3 is 2.67 bits per heavy atom. The topological polar surface area (TPSA) is 17.1 Å². The van der Waals surface area contributed by atoms with Gasteiger partial charge >= 0.3 is 0 Å². The van der Waals surface area contributed by atoms with Crippen LogP contribution in [0.15, 0.2) is 18.2 Å². The third kappa shape index (κ3) is 2.22. The van der Waals surface area contributed by atoms with Gasteiger partial charge in [-0.2, -0.15) is 12.6 Å². The van der Waals surface area contributed by atoms with Crippen molar-refractivity contribution < 1.29 is 9.18 Å². The molecular formula is C8H6ClFOS. The Kier molecular flexibility index (Phi) is 3.12. The summed E-state index contributed by atoms with van der Waals surface area (Å²) in [5.41, 5.74) is 0.808. The molecule has 0 aromatic heterocycles. The highest BCUT2D eigenvalue weighted by Crippen LogP contribution is 2.12. The van der Waals surface area contributed by atoms with E-state index in [-0.39, 0.29) is 5.56 Å². The Morgan fingerprint density at radius 2 is 2.17 bits per heavy atom. The molecule has 1 nitrogen and oxygen atoms in total. The highest BCUT2D eigenvalue weighted by Gasteiger charge is 2.04. The van der Waals surface area contributed by atoms with Gasteiger partial charge in [-0.05, 0) is 35.4 Å². The van der Waals surface area contributed by atoms with Gasteiger partial charge in [-0.3, -0.25) is 4.79 Å². The highest BCUT2D eigenvalue weighted by molar-refractivity contribution is 7.79. The van der Waals surface area contributed by atoms with Crippen LogP contribution in [0.4, 0.5) is 4.39 Å². The second-order valence-corrected chi connectivity index (χ2v) is 2.94. The van der Waals surface area contributed by atoms with Crippen molar-refractivity contribution in [3.8, 4) is 0 Å². The summed E-state index contributed by atoms with van der Waals surface area (Å²) in [5.74, 6) is -0.0832. The van der Waals surface area contributed by atoms with Crippen molar-refractivity contribution in [2.75, 3.05) is 0 Å². The van der Waals surface area contributed by atoms with Gasteiger partial charge in [0.1, 0.15) is 5.82 Å². The van der Waals surface area contributed by atoms with Crippen LogP contribution in [0.1, 0.15) is 15.9 Å². The zero-order valence-corrected chi connectivity index (χ0v) is 7.70. The maximum Gasteiger partial charge on any atom is 0.252 e. The average Bonchev–Trinajstić information content (AvgIpc) is 2.03. The average molecular weight is 205 g/mol. The van der Waals surface area contributed by atoms with E-state index in [9.17, 15) is 9.18 Å². The van der Waals surface area contributed by atoms with E-state index < -0.39 is 11.1 Å². The van der Waals surface area contributed by atoms with Crippen molar-refractivity contribution in [2.45, 2.75) is 5.75 Å². The first-order chi connectivity index (χ1) is 5.63. The molecule has 1 aromatic rings. The smallest absolute Gasteiger partial charge is 0.252 e. The lowest BCUT2D eigenvalue weighted by molar-refractivity contribution is 0.108. The Labute approximate surface area is 79.9 Å². The Hall–Kier alpha value is -0.540. The molecule has 0 aliphatic heterocycles. The third-order valence-corrected chi connectivity index (χ3v) is 1.95. The lowest BCUT2D eigenvalue weighted by Gasteiger charge is -1.98. The molecule has 0 bridgehead atoms. The van der Waals surface area contributed by atoms with Crippen molar-refractivity contribution >= 4 is 29.5 Å². The van der Waals surface area contributed by atoms with Crippen molar-refractivity contribution in [2.24, 2.45) is 0 Å². The lowest BCUT2D eigenvalue weighted by atomic mass is 10.1. The maximum absolute atomic E-state index is 12.7. The molecule has 4 heteroatoms. The number of carbonyl (C=O) groups is 1. The van der Waals surface area contributed by atoms with E-state index in [1.807, 2.05) is 0 Å². The van der Waals surface area contributed by atoms with E-state index in [0.717, 1.165) is 6.07 Å². The predicted octanol–water partition coefficient (Wildman–Crippen LogP) is 2.63. The van der Waals surface area contributed by atoms with Crippen LogP contribution in [-0.2, 0) is 5.75 Å². The van der Waals surface area contributed by atoms with Gasteiger partial charge in [-0.15, -0.1) is 0 Å². The summed E-state index contributed by atoms with van der Waals surface area (Å²) in [4.78, 5) is 10.6. The lowest BCUT2D eigenvalue weighted by Crippen LogP contribution is -1.92. The van der Waals surface area contributed by atoms with Gasteiger partial charge in [0.2, 0.25) is 0 Å². The second-order valence-electron chi connectivity index (χ2n) is 2.28. The van der Waals surface area contributed by atoms with E-state index in [1.54, 1.807) is 0 Å². The fourth-order valence-electron chi connectivity index (χ4n) is 0.855. The van der Waals surface area contributed by atoms with Crippen molar-refractivity contribution in [3.63, 3.8) is 0 Å². The van der Waals surface area contributed by atoms with E-state index in [0.29, 0.717) is 11.3 Å². The van der Waals surface area contributed by atoms with Gasteiger partial charge in [-0.25, -0.2) is 4.39 Å². The summed E-state index contributed by atoms with van der Waals surface area (Å²) in [7, 11) is 0. The largest absolute Gasteiger partial charge is 0.276 e. The van der Waals surface area contributed by atoms with Crippen LogP contribution in [-0.4, -0.2) is 5.24 Å². The van der Waals surface area contributed by atoms with Gasteiger partial charge in [0.25, 0.3) is 5.24 Å². The van der Waals surface area contributed by atoms with E-state index >= 15 is 0 Å². The Morgan fingerprint density at radius 1 is 1.50 bits per heavy atom. The van der Waals surface area contributed by atoms with Crippen LogP contribution in [0.25, 0.3) is 0 Å². The molecule has 0 spiro atoms. The molecule has 12 heavy (non-hydrogen) atoms. The normalized spacial score (nSPS) is 9.92. The first-order valence-corrected chi connectivity index (χ1v) is 4.24. The molecule has 0 aliphatic rings. The number of hydrogen-bond donors (Lipinski definition) is 1. The SMILES string of the molecule is O=C(Cl)c1cc(F)cc(CS)c1. The number of halogens is 2. The van der Waals surface area contributed by atoms with E-state index in [2.05, 4.69) is 12.6 Å². The molecule has 1 aromatic carbocycles. The van der Waals surface area contributed by atoms with Crippen molar-refractivity contribution in [3.05, 3.63) is 35.1 Å². The first-order valence-electron chi connectivity index (χ1n) is 3.23. The monoisotopic (exact) mass is 204 g/mol. The van der Waals surface area contributed by atoms with Gasteiger partial charge < -0.3 is 0 Å². The molecule has 0 heterocycles. The van der Waals surface area contributed by atoms with E-state index in [4.69, 9.17) is 11.6 Å². The minimum absolute atomic E-state index is 0.167. The van der Waals surface area contributed by atoms with Crippen molar-refractivity contribution in [1.29, 1.82) is 0 Å². The Bertz CT molecular complexity index is 314. The van der Waals surface area contributed by atoms with Gasteiger partial charge in [0, 0.05) is 11.3 Å². The van der Waals surface area contributed by atoms with E-state index in [1.165, 1.54) is 12.1 Å². The second kappa shape index (κ2) is 3.92. The fourth-order valence-corrected chi connectivity index (χ4v) is 1.15. The quantitative estimate of drug-likeness (QED) is 0.579. The zero-order chi connectivity index (χ0) is 9.14. The third-order valence-electron chi connectivity index (χ3n) is 1.37. The standard InChI is InChI=1S/C8H6ClFOS/c9-8(11)6-1-5(4-12)2-7(10)3-6/h1-3,12H,4H2. The molecule has 0 aliphatic carbocycles. The Balaban J connectivity index is 3.15. The highest BCUT2D eigenvalue weighted by atomic mass is 35.5. The zero-order valence-electron chi connectivity index (χ0n) is 6.05. The molecule has 64 valence electrons. The number of hydrogen-bond acceptors (Lipinski definition) is 2. The van der Waals surface area contributed by atoms with Crippen LogP contribution in [0, 0.1) is 5.82 Å². The summed E-state index contributed by atoms with van der Waals surface area (Å²) in [6.07, 6.45) is 0. The van der Waals surface area contributed by atoms with Crippen LogP contribution in [0.2, 0.25) is 0 Å². The van der Waals surface area contributed by atoms with Gasteiger partial charge in [-0.1, -0.05) is 0 Å². The minimum atomic E-state index is -0.655. The number of benzene rings is 1. The van der Waals surface area contributed by atoms with Crippen LogP contribution < -0.4 is 0 Å². The first kappa shape index (κ1) is 9.55. The molecule has 0 N–H and O–H groups in total. The van der Waals surface area contributed by atoms with Crippen LogP contribution in [0.5, 0.6) is 0 Å². The van der Waals surface area contributed by atoms with Crippen molar-refractivity contribution in [1.82, 2.24) is 0 Å².